The molecular weight excluding hydrogens is 178 g/mol. The number of carbonyl (C=O) groups excluding carboxylic acids is 1. The first-order valence-corrected chi connectivity index (χ1v) is 5.34. The van der Waals surface area contributed by atoms with Gasteiger partial charge in [0.25, 0.3) is 0 Å². The highest BCUT2D eigenvalue weighted by Crippen LogP contribution is 2.05. The molecular formula is C10H23N3O. The number of nitrogens with two attached hydrogens (primary N) is 1. The number of rotatable bonds is 6. The standard InChI is InChI=1S/C10H23N3O/c1-4-6-7-12-9(14)13-10(3,5-2)8-11/h4-8,11H2,1-3H3,(H2,12,13,14). The average molecular weight is 201 g/mol. The fraction of sp³-hybridized carbons (Fsp3) is 0.900. The summed E-state index contributed by atoms with van der Waals surface area (Å²) < 4.78 is 0. The van der Waals surface area contributed by atoms with Crippen LogP contribution in [0.25, 0.3) is 0 Å². The number of hydrogen-bond acceptors (Lipinski definition) is 2. The van der Waals surface area contributed by atoms with E-state index in [-0.39, 0.29) is 11.6 Å². The summed E-state index contributed by atoms with van der Waals surface area (Å²) in [5.41, 5.74) is 5.30. The van der Waals surface area contributed by atoms with Gasteiger partial charge >= 0.3 is 6.03 Å². The average Bonchev–Trinajstić information content (AvgIpc) is 2.18. The summed E-state index contributed by atoms with van der Waals surface area (Å²) in [6.07, 6.45) is 2.94. The van der Waals surface area contributed by atoms with Gasteiger partial charge in [-0.1, -0.05) is 20.3 Å². The Morgan fingerprint density at radius 2 is 2.07 bits per heavy atom. The lowest BCUT2D eigenvalue weighted by Crippen LogP contribution is -2.54. The van der Waals surface area contributed by atoms with Crippen LogP contribution >= 0.6 is 0 Å². The van der Waals surface area contributed by atoms with E-state index in [1.807, 2.05) is 13.8 Å². The Bertz CT molecular complexity index is 167. The first-order valence-electron chi connectivity index (χ1n) is 5.34. The summed E-state index contributed by atoms with van der Waals surface area (Å²) in [7, 11) is 0. The Balaban J connectivity index is 3.80. The topological polar surface area (TPSA) is 67.2 Å². The van der Waals surface area contributed by atoms with Gasteiger partial charge in [0.05, 0.1) is 5.54 Å². The Kier molecular flexibility index (Phi) is 6.28. The van der Waals surface area contributed by atoms with Crippen molar-refractivity contribution < 1.29 is 4.79 Å². The molecule has 0 aromatic heterocycles. The molecule has 0 aliphatic carbocycles. The van der Waals surface area contributed by atoms with E-state index in [2.05, 4.69) is 17.6 Å². The SMILES string of the molecule is CCCCNC(=O)NC(C)(CC)CN. The molecule has 1 unspecified atom stereocenters. The van der Waals surface area contributed by atoms with Gasteiger partial charge in [0, 0.05) is 13.1 Å². The first-order chi connectivity index (χ1) is 6.58. The van der Waals surface area contributed by atoms with Gasteiger partial charge in [0.1, 0.15) is 0 Å². The summed E-state index contributed by atoms with van der Waals surface area (Å²) >= 11 is 0. The number of nitrogens with one attached hydrogen (secondary N) is 2. The molecule has 0 saturated carbocycles. The molecule has 0 fully saturated rings. The minimum Gasteiger partial charge on any atom is -0.338 e. The third-order valence-corrected chi connectivity index (χ3v) is 2.46. The molecule has 4 N–H and O–H groups in total. The van der Waals surface area contributed by atoms with Crippen LogP contribution in [0, 0.1) is 0 Å². The van der Waals surface area contributed by atoms with Gasteiger partial charge in [-0.2, -0.15) is 0 Å². The Morgan fingerprint density at radius 1 is 1.43 bits per heavy atom. The Morgan fingerprint density at radius 3 is 2.50 bits per heavy atom. The van der Waals surface area contributed by atoms with Gasteiger partial charge in [0.15, 0.2) is 0 Å². The van der Waals surface area contributed by atoms with Crippen LogP contribution in [-0.2, 0) is 0 Å². The molecule has 84 valence electrons. The lowest BCUT2D eigenvalue weighted by atomic mass is 10.00. The number of amides is 2. The molecule has 14 heavy (non-hydrogen) atoms. The van der Waals surface area contributed by atoms with Crippen molar-refractivity contribution in [3.8, 4) is 0 Å². The molecule has 2 amide bonds. The van der Waals surface area contributed by atoms with Gasteiger partial charge < -0.3 is 16.4 Å². The van der Waals surface area contributed by atoms with Crippen LogP contribution in [0.2, 0.25) is 0 Å². The van der Waals surface area contributed by atoms with Crippen molar-refractivity contribution >= 4 is 6.03 Å². The Labute approximate surface area is 86.6 Å². The lowest BCUT2D eigenvalue weighted by Gasteiger charge is -2.27. The monoisotopic (exact) mass is 201 g/mol. The highest BCUT2D eigenvalue weighted by atomic mass is 16.2. The summed E-state index contributed by atoms with van der Waals surface area (Å²) in [5.74, 6) is 0. The fourth-order valence-corrected chi connectivity index (χ4v) is 0.981. The second-order valence-electron chi connectivity index (χ2n) is 3.85. The van der Waals surface area contributed by atoms with E-state index < -0.39 is 0 Å². The second kappa shape index (κ2) is 6.65. The number of unbranched alkanes of at least 4 members (excludes halogenated alkanes) is 1. The molecule has 0 radical (unpaired) electrons. The van der Waals surface area contributed by atoms with Crippen molar-refractivity contribution in [2.24, 2.45) is 5.73 Å². The first kappa shape index (κ1) is 13.2. The number of hydrogen-bond donors (Lipinski definition) is 3. The smallest absolute Gasteiger partial charge is 0.315 e. The van der Waals surface area contributed by atoms with Crippen LogP contribution in [0.3, 0.4) is 0 Å². The fourth-order valence-electron chi connectivity index (χ4n) is 0.981. The zero-order chi connectivity index (χ0) is 11.0. The van der Waals surface area contributed by atoms with E-state index in [0.29, 0.717) is 6.54 Å². The van der Waals surface area contributed by atoms with Crippen molar-refractivity contribution in [3.63, 3.8) is 0 Å². The van der Waals surface area contributed by atoms with Gasteiger partial charge in [-0.05, 0) is 19.8 Å². The molecule has 0 aromatic rings. The normalized spacial score (nSPS) is 14.6. The van der Waals surface area contributed by atoms with Crippen molar-refractivity contribution in [2.75, 3.05) is 13.1 Å². The lowest BCUT2D eigenvalue weighted by molar-refractivity contribution is 0.226. The molecule has 0 aliphatic rings. The summed E-state index contributed by atoms with van der Waals surface area (Å²) in [5, 5.41) is 5.68. The van der Waals surface area contributed by atoms with E-state index in [1.165, 1.54) is 0 Å². The van der Waals surface area contributed by atoms with Crippen LogP contribution in [0.5, 0.6) is 0 Å². The quantitative estimate of drug-likeness (QED) is 0.565. The summed E-state index contributed by atoms with van der Waals surface area (Å²) in [6, 6.07) is -0.117. The Hall–Kier alpha value is -0.770. The van der Waals surface area contributed by atoms with Crippen LogP contribution < -0.4 is 16.4 Å². The zero-order valence-corrected chi connectivity index (χ0v) is 9.52. The van der Waals surface area contributed by atoms with Gasteiger partial charge in [-0.3, -0.25) is 0 Å². The van der Waals surface area contributed by atoms with E-state index in [9.17, 15) is 4.79 Å². The minimum absolute atomic E-state index is 0.117. The number of carbonyl (C=O) groups is 1. The maximum absolute atomic E-state index is 11.4. The third kappa shape index (κ3) is 5.07. The second-order valence-corrected chi connectivity index (χ2v) is 3.85. The molecule has 0 heterocycles. The van der Waals surface area contributed by atoms with Gasteiger partial charge in [0.2, 0.25) is 0 Å². The van der Waals surface area contributed by atoms with Crippen LogP contribution in [0.1, 0.15) is 40.0 Å². The molecule has 0 rings (SSSR count). The molecule has 0 aliphatic heterocycles. The van der Waals surface area contributed by atoms with Crippen molar-refractivity contribution in [1.29, 1.82) is 0 Å². The van der Waals surface area contributed by atoms with Crippen molar-refractivity contribution in [3.05, 3.63) is 0 Å². The molecule has 0 spiro atoms. The van der Waals surface area contributed by atoms with Crippen LogP contribution in [-0.4, -0.2) is 24.7 Å². The molecule has 4 heteroatoms. The summed E-state index contributed by atoms with van der Waals surface area (Å²) in [6.45, 7) is 7.25. The predicted molar refractivity (Wildman–Crippen MR) is 59.2 cm³/mol. The van der Waals surface area contributed by atoms with E-state index in [1.54, 1.807) is 0 Å². The van der Waals surface area contributed by atoms with E-state index >= 15 is 0 Å². The molecule has 0 aromatic carbocycles. The van der Waals surface area contributed by atoms with Gasteiger partial charge in [-0.25, -0.2) is 4.79 Å². The number of urea groups is 1. The van der Waals surface area contributed by atoms with Crippen molar-refractivity contribution in [2.45, 2.75) is 45.6 Å². The maximum Gasteiger partial charge on any atom is 0.315 e. The third-order valence-electron chi connectivity index (χ3n) is 2.46. The van der Waals surface area contributed by atoms with Crippen LogP contribution in [0.15, 0.2) is 0 Å². The molecule has 0 saturated heterocycles. The summed E-state index contributed by atoms with van der Waals surface area (Å²) in [4.78, 5) is 11.4. The van der Waals surface area contributed by atoms with E-state index in [4.69, 9.17) is 5.73 Å². The molecule has 0 bridgehead atoms. The zero-order valence-electron chi connectivity index (χ0n) is 9.52. The highest BCUT2D eigenvalue weighted by molar-refractivity contribution is 5.74. The van der Waals surface area contributed by atoms with E-state index in [0.717, 1.165) is 25.8 Å². The maximum atomic E-state index is 11.4. The highest BCUT2D eigenvalue weighted by Gasteiger charge is 2.21. The minimum atomic E-state index is -0.281. The molecule has 1 atom stereocenters. The molecule has 4 nitrogen and oxygen atoms in total. The largest absolute Gasteiger partial charge is 0.338 e. The predicted octanol–water partition coefficient (Wildman–Crippen LogP) is 1.21. The van der Waals surface area contributed by atoms with Crippen LogP contribution in [0.4, 0.5) is 4.79 Å². The van der Waals surface area contributed by atoms with Gasteiger partial charge in [-0.15, -0.1) is 0 Å². The van der Waals surface area contributed by atoms with Crippen molar-refractivity contribution in [1.82, 2.24) is 10.6 Å².